The van der Waals surface area contributed by atoms with Gasteiger partial charge < -0.3 is 9.88 Å². The third kappa shape index (κ3) is 3.87. The van der Waals surface area contributed by atoms with Crippen LogP contribution in [0, 0.1) is 10.6 Å². The van der Waals surface area contributed by atoms with E-state index < -0.39 is 5.91 Å². The number of hydrogen-bond donors (Lipinski definition) is 2. The summed E-state index contributed by atoms with van der Waals surface area (Å²) in [5.74, 6) is 0.333. The van der Waals surface area contributed by atoms with Crippen molar-refractivity contribution in [1.82, 2.24) is 34.8 Å². The molecule has 0 fully saturated rings. The summed E-state index contributed by atoms with van der Waals surface area (Å²) in [6, 6.07) is 9.61. The molecule has 0 radical (unpaired) electrons. The maximum absolute atomic E-state index is 13.3. The molecule has 0 spiro atoms. The normalized spacial score (nSPS) is 11.0. The van der Waals surface area contributed by atoms with E-state index in [1.54, 1.807) is 16.7 Å². The Bertz CT molecular complexity index is 1190. The molecule has 0 aliphatic carbocycles. The van der Waals surface area contributed by atoms with Crippen LogP contribution >= 0.6 is 23.6 Å². The summed E-state index contributed by atoms with van der Waals surface area (Å²) < 4.78 is 17.1. The van der Waals surface area contributed by atoms with E-state index in [2.05, 4.69) is 25.6 Å². The van der Waals surface area contributed by atoms with Crippen LogP contribution in [0.5, 0.6) is 0 Å². The van der Waals surface area contributed by atoms with Crippen LogP contribution in [0.25, 0.3) is 16.4 Å². The molecule has 148 valence electrons. The first-order valence-corrected chi connectivity index (χ1v) is 10.0. The van der Waals surface area contributed by atoms with Crippen molar-refractivity contribution in [3.8, 4) is 16.4 Å². The van der Waals surface area contributed by atoms with E-state index in [0.717, 1.165) is 4.88 Å². The summed E-state index contributed by atoms with van der Waals surface area (Å²) in [5.41, 5.74) is 0.605. The zero-order valence-electron chi connectivity index (χ0n) is 15.3. The van der Waals surface area contributed by atoms with Gasteiger partial charge in [-0.1, -0.05) is 6.07 Å². The first-order chi connectivity index (χ1) is 14.1. The Balaban J connectivity index is 1.63. The maximum Gasteiger partial charge on any atom is 0.291 e. The number of aromatic amines is 1. The topological polar surface area (TPSA) is 93.4 Å². The first kappa shape index (κ1) is 19.2. The summed E-state index contributed by atoms with van der Waals surface area (Å²) in [5, 5.41) is 15.9. The fourth-order valence-corrected chi connectivity index (χ4v) is 3.76. The van der Waals surface area contributed by atoms with Crippen LogP contribution in [0.3, 0.4) is 0 Å². The van der Waals surface area contributed by atoms with Crippen LogP contribution in [-0.2, 0) is 13.1 Å². The third-order valence-corrected chi connectivity index (χ3v) is 5.36. The number of carbonyl (C=O) groups excluding carboxylic acids is 1. The second kappa shape index (κ2) is 8.05. The molecule has 4 rings (SSSR count). The zero-order valence-corrected chi connectivity index (χ0v) is 16.9. The minimum Gasteiger partial charge on any atom is -0.342 e. The second-order valence-corrected chi connectivity index (χ2v) is 7.33. The fourth-order valence-electron chi connectivity index (χ4n) is 2.79. The van der Waals surface area contributed by atoms with Gasteiger partial charge in [0.15, 0.2) is 16.4 Å². The molecule has 0 saturated carbocycles. The predicted octanol–water partition coefficient (Wildman–Crippen LogP) is 3.34. The smallest absolute Gasteiger partial charge is 0.291 e. The van der Waals surface area contributed by atoms with Crippen molar-refractivity contribution in [3.63, 3.8) is 0 Å². The molecule has 29 heavy (non-hydrogen) atoms. The van der Waals surface area contributed by atoms with Crippen molar-refractivity contribution in [2.75, 3.05) is 0 Å². The molecule has 8 nitrogen and oxygen atoms in total. The number of aromatic nitrogens is 6. The summed E-state index contributed by atoms with van der Waals surface area (Å²) in [6.07, 6.45) is 0. The molecule has 3 heterocycles. The number of nitrogens with one attached hydrogen (secondary N) is 2. The molecule has 0 aliphatic heterocycles. The van der Waals surface area contributed by atoms with Gasteiger partial charge in [0.1, 0.15) is 5.82 Å². The lowest BCUT2D eigenvalue weighted by atomic mass is 10.3. The molecule has 0 saturated heterocycles. The third-order valence-electron chi connectivity index (χ3n) is 4.18. The number of carbonyl (C=O) groups is 1. The van der Waals surface area contributed by atoms with Gasteiger partial charge in [0.05, 0.1) is 17.1 Å². The summed E-state index contributed by atoms with van der Waals surface area (Å²) in [7, 11) is 0. The van der Waals surface area contributed by atoms with Gasteiger partial charge in [0.25, 0.3) is 5.91 Å². The monoisotopic (exact) mass is 429 g/mol. The fraction of sp³-hybridized carbons (Fsp3) is 0.167. The average Bonchev–Trinajstić information content (AvgIpc) is 3.46. The summed E-state index contributed by atoms with van der Waals surface area (Å²) in [6.45, 7) is 2.76. The standard InChI is InChI=1S/C18H16FN7OS2/c1-2-25-14(22-23-18(25)28)10-20-17(27)15-21-16(13-4-3-9-29-13)26(24-15)12-7-5-11(19)6-8-12/h3-9H,2,10H2,1H3,(H,20,27)(H,23,28). The summed E-state index contributed by atoms with van der Waals surface area (Å²) >= 11 is 6.63. The molecule has 4 aromatic rings. The highest BCUT2D eigenvalue weighted by Gasteiger charge is 2.20. The predicted molar refractivity (Wildman–Crippen MR) is 109 cm³/mol. The Labute approximate surface area is 174 Å². The van der Waals surface area contributed by atoms with Crippen molar-refractivity contribution >= 4 is 29.5 Å². The molecule has 0 bridgehead atoms. The number of nitrogens with zero attached hydrogens (tertiary/aromatic N) is 5. The molecule has 1 amide bonds. The Morgan fingerprint density at radius 1 is 1.31 bits per heavy atom. The lowest BCUT2D eigenvalue weighted by molar-refractivity contribution is 0.0939. The Morgan fingerprint density at radius 3 is 2.79 bits per heavy atom. The molecule has 2 N–H and O–H groups in total. The number of halogens is 1. The maximum atomic E-state index is 13.3. The lowest BCUT2D eigenvalue weighted by Gasteiger charge is -2.04. The minimum absolute atomic E-state index is 0.00917. The van der Waals surface area contributed by atoms with Gasteiger partial charge in [-0.05, 0) is 54.9 Å². The summed E-state index contributed by atoms with van der Waals surface area (Å²) in [4.78, 5) is 17.9. The van der Waals surface area contributed by atoms with Crippen LogP contribution in [0.15, 0.2) is 41.8 Å². The number of rotatable bonds is 6. The van der Waals surface area contributed by atoms with Crippen molar-refractivity contribution < 1.29 is 9.18 Å². The largest absolute Gasteiger partial charge is 0.342 e. The molecule has 0 aliphatic rings. The molecule has 0 atom stereocenters. The van der Waals surface area contributed by atoms with Gasteiger partial charge in [-0.2, -0.15) is 5.10 Å². The van der Waals surface area contributed by atoms with Gasteiger partial charge >= 0.3 is 0 Å². The molecule has 1 aromatic carbocycles. The Morgan fingerprint density at radius 2 is 2.10 bits per heavy atom. The molecular weight excluding hydrogens is 413 g/mol. The minimum atomic E-state index is -0.444. The zero-order chi connectivity index (χ0) is 20.4. The van der Waals surface area contributed by atoms with Crippen LogP contribution in [0.4, 0.5) is 4.39 Å². The van der Waals surface area contributed by atoms with E-state index in [1.165, 1.54) is 28.2 Å². The SMILES string of the molecule is CCn1c(CNC(=O)c2nc(-c3cccs3)n(-c3ccc(F)cc3)n2)n[nH]c1=S. The number of hydrogen-bond acceptors (Lipinski definition) is 6. The van der Waals surface area contributed by atoms with Crippen molar-refractivity contribution in [2.45, 2.75) is 20.0 Å². The van der Waals surface area contributed by atoms with Gasteiger partial charge in [-0.25, -0.2) is 14.1 Å². The quantitative estimate of drug-likeness (QED) is 0.459. The van der Waals surface area contributed by atoms with E-state index in [-0.39, 0.29) is 18.2 Å². The van der Waals surface area contributed by atoms with Crippen LogP contribution in [0.1, 0.15) is 23.4 Å². The van der Waals surface area contributed by atoms with Gasteiger partial charge in [0, 0.05) is 6.54 Å². The Hall–Kier alpha value is -3.18. The second-order valence-electron chi connectivity index (χ2n) is 6.00. The Kier molecular flexibility index (Phi) is 5.32. The number of benzene rings is 1. The molecule has 3 aromatic heterocycles. The van der Waals surface area contributed by atoms with E-state index in [0.29, 0.717) is 28.7 Å². The highest BCUT2D eigenvalue weighted by molar-refractivity contribution is 7.71. The van der Waals surface area contributed by atoms with Gasteiger partial charge in [-0.3, -0.25) is 9.89 Å². The van der Waals surface area contributed by atoms with Crippen LogP contribution < -0.4 is 5.32 Å². The van der Waals surface area contributed by atoms with Gasteiger partial charge in [0.2, 0.25) is 5.82 Å². The van der Waals surface area contributed by atoms with E-state index in [4.69, 9.17) is 12.2 Å². The van der Waals surface area contributed by atoms with Crippen molar-refractivity contribution in [1.29, 1.82) is 0 Å². The highest BCUT2D eigenvalue weighted by atomic mass is 32.1. The van der Waals surface area contributed by atoms with E-state index in [1.807, 2.05) is 24.4 Å². The highest BCUT2D eigenvalue weighted by Crippen LogP contribution is 2.25. The number of thiophene rings is 1. The molecule has 11 heteroatoms. The van der Waals surface area contributed by atoms with Crippen LogP contribution in [-0.4, -0.2) is 35.4 Å². The van der Waals surface area contributed by atoms with E-state index in [9.17, 15) is 9.18 Å². The molecular formula is C18H16FN7OS2. The average molecular weight is 430 g/mol. The number of amides is 1. The van der Waals surface area contributed by atoms with Crippen molar-refractivity contribution in [3.05, 3.63) is 64.0 Å². The first-order valence-electron chi connectivity index (χ1n) is 8.76. The van der Waals surface area contributed by atoms with E-state index >= 15 is 0 Å². The molecule has 0 unspecified atom stereocenters. The number of H-pyrrole nitrogens is 1. The van der Waals surface area contributed by atoms with Crippen molar-refractivity contribution in [2.24, 2.45) is 0 Å². The van der Waals surface area contributed by atoms with Crippen LogP contribution in [0.2, 0.25) is 0 Å². The van der Waals surface area contributed by atoms with Gasteiger partial charge in [-0.15, -0.1) is 16.4 Å². The lowest BCUT2D eigenvalue weighted by Crippen LogP contribution is -2.26.